The van der Waals surface area contributed by atoms with E-state index in [9.17, 15) is 0 Å². The summed E-state index contributed by atoms with van der Waals surface area (Å²) in [5.41, 5.74) is 2.16. The van der Waals surface area contributed by atoms with Crippen LogP contribution < -0.4 is 14.8 Å². The maximum atomic E-state index is 6.03. The van der Waals surface area contributed by atoms with Crippen molar-refractivity contribution in [3.8, 4) is 11.5 Å². The molecule has 2 aromatic carbocycles. The molecule has 1 aliphatic heterocycles. The first-order valence-electron chi connectivity index (χ1n) is 8.33. The van der Waals surface area contributed by atoms with Crippen molar-refractivity contribution in [2.24, 2.45) is 0 Å². The van der Waals surface area contributed by atoms with Gasteiger partial charge in [-0.15, -0.1) is 0 Å². The fourth-order valence-corrected chi connectivity index (χ4v) is 3.59. The molecule has 0 spiro atoms. The summed E-state index contributed by atoms with van der Waals surface area (Å²) < 4.78 is 13.0. The second-order valence-corrected chi connectivity index (χ2v) is 6.55. The molecule has 134 valence electrons. The summed E-state index contributed by atoms with van der Waals surface area (Å²) in [6.07, 6.45) is 2.35. The van der Waals surface area contributed by atoms with Crippen molar-refractivity contribution in [2.75, 3.05) is 19.5 Å². The van der Waals surface area contributed by atoms with Gasteiger partial charge in [-0.05, 0) is 30.2 Å². The Morgan fingerprint density at radius 2 is 1.92 bits per heavy atom. The standard InChI is InChI=1S/C19H19ClN4O2/c1-25-17-5-3-4-14(18(17)26-2)16-10-15(12-6-8-13(20)9-7-12)23-19-21-11-22-24(16)19/h3-9,11,15-16H,10H2,1-2H3,(H,21,22,23)/t15-,16+/m1/s1. The smallest absolute Gasteiger partial charge is 0.222 e. The van der Waals surface area contributed by atoms with Crippen molar-refractivity contribution in [2.45, 2.75) is 18.5 Å². The van der Waals surface area contributed by atoms with Crippen molar-refractivity contribution in [1.29, 1.82) is 0 Å². The van der Waals surface area contributed by atoms with Crippen LogP contribution in [0.3, 0.4) is 0 Å². The lowest BCUT2D eigenvalue weighted by molar-refractivity contribution is 0.340. The van der Waals surface area contributed by atoms with Crippen LogP contribution in [0.25, 0.3) is 0 Å². The van der Waals surface area contributed by atoms with Gasteiger partial charge in [-0.2, -0.15) is 10.1 Å². The second-order valence-electron chi connectivity index (χ2n) is 6.11. The number of hydrogen-bond donors (Lipinski definition) is 1. The molecule has 0 fully saturated rings. The van der Waals surface area contributed by atoms with E-state index in [1.807, 2.05) is 47.1 Å². The first-order chi connectivity index (χ1) is 12.7. The lowest BCUT2D eigenvalue weighted by Crippen LogP contribution is -2.28. The molecule has 2 atom stereocenters. The number of anilines is 1. The van der Waals surface area contributed by atoms with Gasteiger partial charge >= 0.3 is 0 Å². The Morgan fingerprint density at radius 1 is 1.12 bits per heavy atom. The van der Waals surface area contributed by atoms with Gasteiger partial charge in [0.1, 0.15) is 6.33 Å². The number of ether oxygens (including phenoxy) is 2. The highest BCUT2D eigenvalue weighted by molar-refractivity contribution is 6.30. The Morgan fingerprint density at radius 3 is 2.65 bits per heavy atom. The zero-order valence-corrected chi connectivity index (χ0v) is 15.3. The number of hydrogen-bond acceptors (Lipinski definition) is 5. The normalized spacial score (nSPS) is 18.7. The Labute approximate surface area is 156 Å². The van der Waals surface area contributed by atoms with Crippen molar-refractivity contribution in [1.82, 2.24) is 14.8 Å². The molecule has 2 heterocycles. The van der Waals surface area contributed by atoms with E-state index in [0.29, 0.717) is 5.75 Å². The molecule has 0 unspecified atom stereocenters. The van der Waals surface area contributed by atoms with Gasteiger partial charge in [0.05, 0.1) is 26.3 Å². The average Bonchev–Trinajstić information content (AvgIpc) is 3.15. The second kappa shape index (κ2) is 6.88. The number of para-hydroxylation sites is 1. The maximum Gasteiger partial charge on any atom is 0.222 e. The average molecular weight is 371 g/mol. The SMILES string of the molecule is COc1cccc([C@@H]2C[C@H](c3ccc(Cl)cc3)Nc3ncnn32)c1OC. The number of benzene rings is 2. The molecule has 0 radical (unpaired) electrons. The minimum atomic E-state index is -0.0283. The number of aromatic nitrogens is 3. The van der Waals surface area contributed by atoms with Gasteiger partial charge in [-0.25, -0.2) is 4.68 Å². The zero-order chi connectivity index (χ0) is 18.1. The van der Waals surface area contributed by atoms with Crippen LogP contribution in [0.4, 0.5) is 5.95 Å². The van der Waals surface area contributed by atoms with Crippen LogP contribution in [-0.4, -0.2) is 29.0 Å². The Hall–Kier alpha value is -2.73. The summed E-state index contributed by atoms with van der Waals surface area (Å²) in [5, 5.41) is 8.59. The van der Waals surface area contributed by atoms with E-state index in [1.165, 1.54) is 0 Å². The summed E-state index contributed by atoms with van der Waals surface area (Å²) >= 11 is 6.03. The van der Waals surface area contributed by atoms with Gasteiger partial charge in [0, 0.05) is 10.6 Å². The highest BCUT2D eigenvalue weighted by atomic mass is 35.5. The molecule has 1 N–H and O–H groups in total. The minimum absolute atomic E-state index is 0.0283. The summed E-state index contributed by atoms with van der Waals surface area (Å²) in [6, 6.07) is 13.8. The van der Waals surface area contributed by atoms with Crippen LogP contribution in [0, 0.1) is 0 Å². The molecular weight excluding hydrogens is 352 g/mol. The van der Waals surface area contributed by atoms with Crippen LogP contribution in [0.5, 0.6) is 11.5 Å². The quantitative estimate of drug-likeness (QED) is 0.749. The predicted octanol–water partition coefficient (Wildman–Crippen LogP) is 4.10. The highest BCUT2D eigenvalue weighted by Gasteiger charge is 2.32. The van der Waals surface area contributed by atoms with Crippen LogP contribution in [0.1, 0.15) is 29.6 Å². The molecular formula is C19H19ClN4O2. The third-order valence-corrected chi connectivity index (χ3v) is 4.95. The van der Waals surface area contributed by atoms with Crippen LogP contribution in [-0.2, 0) is 0 Å². The molecule has 26 heavy (non-hydrogen) atoms. The summed E-state index contributed by atoms with van der Waals surface area (Å²) in [4.78, 5) is 4.37. The van der Waals surface area contributed by atoms with E-state index in [2.05, 4.69) is 15.4 Å². The van der Waals surface area contributed by atoms with Crippen LogP contribution in [0.15, 0.2) is 48.8 Å². The van der Waals surface area contributed by atoms with Crippen molar-refractivity contribution >= 4 is 17.5 Å². The van der Waals surface area contributed by atoms with Gasteiger partial charge in [0.25, 0.3) is 0 Å². The Kier molecular flexibility index (Phi) is 4.42. The van der Waals surface area contributed by atoms with Gasteiger partial charge < -0.3 is 14.8 Å². The van der Waals surface area contributed by atoms with E-state index in [-0.39, 0.29) is 12.1 Å². The Bertz CT molecular complexity index is 910. The first kappa shape index (κ1) is 16.7. The molecule has 7 heteroatoms. The Balaban J connectivity index is 1.78. The molecule has 1 aromatic heterocycles. The number of halogens is 1. The number of methoxy groups -OCH3 is 2. The maximum absolute atomic E-state index is 6.03. The van der Waals surface area contributed by atoms with E-state index < -0.39 is 0 Å². The number of fused-ring (bicyclic) bond motifs is 1. The molecule has 1 aliphatic rings. The van der Waals surface area contributed by atoms with Crippen LogP contribution >= 0.6 is 11.6 Å². The van der Waals surface area contributed by atoms with E-state index in [4.69, 9.17) is 21.1 Å². The molecule has 0 aliphatic carbocycles. The topological polar surface area (TPSA) is 61.2 Å². The number of nitrogens with one attached hydrogen (secondary N) is 1. The van der Waals surface area contributed by atoms with Gasteiger partial charge in [-0.3, -0.25) is 0 Å². The molecule has 0 bridgehead atoms. The third-order valence-electron chi connectivity index (χ3n) is 4.70. The first-order valence-corrected chi connectivity index (χ1v) is 8.71. The monoisotopic (exact) mass is 370 g/mol. The fourth-order valence-electron chi connectivity index (χ4n) is 3.47. The lowest BCUT2D eigenvalue weighted by Gasteiger charge is -2.32. The van der Waals surface area contributed by atoms with Gasteiger partial charge in [-0.1, -0.05) is 35.9 Å². The number of rotatable bonds is 4. The predicted molar refractivity (Wildman–Crippen MR) is 100 cm³/mol. The molecule has 0 saturated heterocycles. The molecule has 0 saturated carbocycles. The van der Waals surface area contributed by atoms with Crippen molar-refractivity contribution in [3.05, 3.63) is 64.9 Å². The number of nitrogens with zero attached hydrogens (tertiary/aromatic N) is 3. The van der Waals surface area contributed by atoms with Gasteiger partial charge in [0.2, 0.25) is 5.95 Å². The zero-order valence-electron chi connectivity index (χ0n) is 14.5. The highest BCUT2D eigenvalue weighted by Crippen LogP contribution is 2.43. The van der Waals surface area contributed by atoms with E-state index in [1.54, 1.807) is 20.5 Å². The summed E-state index contributed by atoms with van der Waals surface area (Å²) in [7, 11) is 3.29. The van der Waals surface area contributed by atoms with Crippen molar-refractivity contribution < 1.29 is 9.47 Å². The summed E-state index contributed by atoms with van der Waals surface area (Å²) in [5.74, 6) is 2.15. The fraction of sp³-hybridized carbons (Fsp3) is 0.263. The van der Waals surface area contributed by atoms with E-state index in [0.717, 1.165) is 34.3 Å². The minimum Gasteiger partial charge on any atom is -0.493 e. The largest absolute Gasteiger partial charge is 0.493 e. The molecule has 3 aromatic rings. The molecule has 0 amide bonds. The van der Waals surface area contributed by atoms with Crippen LogP contribution in [0.2, 0.25) is 5.02 Å². The lowest BCUT2D eigenvalue weighted by atomic mass is 9.92. The molecule has 6 nitrogen and oxygen atoms in total. The molecule has 4 rings (SSSR count). The summed E-state index contributed by atoms with van der Waals surface area (Å²) in [6.45, 7) is 0. The van der Waals surface area contributed by atoms with E-state index >= 15 is 0 Å². The third kappa shape index (κ3) is 2.86. The van der Waals surface area contributed by atoms with Gasteiger partial charge in [0.15, 0.2) is 11.5 Å². The van der Waals surface area contributed by atoms with Crippen molar-refractivity contribution in [3.63, 3.8) is 0 Å².